The van der Waals surface area contributed by atoms with Gasteiger partial charge in [-0.05, 0) is 82.3 Å². The Balaban J connectivity index is 1.40. The first-order valence-corrected chi connectivity index (χ1v) is 9.95. The molecule has 0 unspecified atom stereocenters. The molecule has 0 aliphatic heterocycles. The minimum atomic E-state index is -0.0225. The molecule has 0 heterocycles. The largest absolute Gasteiger partial charge is 0.350 e. The fourth-order valence-electron chi connectivity index (χ4n) is 5.50. The lowest BCUT2D eigenvalue weighted by Crippen LogP contribution is -2.60. The molecule has 4 bridgehead atoms. The highest BCUT2D eigenvalue weighted by molar-refractivity contribution is 8.00. The minimum Gasteiger partial charge on any atom is -0.350 e. The Morgan fingerprint density at radius 1 is 1.09 bits per heavy atom. The second kappa shape index (κ2) is 5.84. The molecule has 4 aliphatic carbocycles. The first-order chi connectivity index (χ1) is 11.0. The molecule has 0 aromatic heterocycles. The molecule has 1 aromatic carbocycles. The summed E-state index contributed by atoms with van der Waals surface area (Å²) in [5.41, 5.74) is 1.40. The van der Waals surface area contributed by atoms with Gasteiger partial charge in [0.1, 0.15) is 0 Å². The van der Waals surface area contributed by atoms with E-state index in [0.29, 0.717) is 0 Å². The van der Waals surface area contributed by atoms with Crippen molar-refractivity contribution in [1.29, 1.82) is 0 Å². The summed E-state index contributed by atoms with van der Waals surface area (Å²) in [7, 11) is 0. The molecule has 1 atom stereocenters. The van der Waals surface area contributed by atoms with E-state index in [1.165, 1.54) is 49.0 Å². The highest BCUT2D eigenvalue weighted by Crippen LogP contribution is 2.55. The lowest BCUT2D eigenvalue weighted by Gasteiger charge is -2.57. The molecule has 1 N–H and O–H groups in total. The first kappa shape index (κ1) is 15.6. The van der Waals surface area contributed by atoms with Gasteiger partial charge < -0.3 is 5.32 Å². The van der Waals surface area contributed by atoms with Crippen molar-refractivity contribution < 1.29 is 4.79 Å². The van der Waals surface area contributed by atoms with Crippen molar-refractivity contribution >= 4 is 17.7 Å². The zero-order valence-corrected chi connectivity index (χ0v) is 15.0. The van der Waals surface area contributed by atoms with Crippen LogP contribution in [0.4, 0.5) is 0 Å². The normalized spacial score (nSPS) is 36.0. The summed E-state index contributed by atoms with van der Waals surface area (Å²) in [4.78, 5) is 14.0. The first-order valence-electron chi connectivity index (χ1n) is 9.07. The molecule has 5 rings (SSSR count). The smallest absolute Gasteiger partial charge is 0.233 e. The topological polar surface area (TPSA) is 29.1 Å². The van der Waals surface area contributed by atoms with Gasteiger partial charge >= 0.3 is 0 Å². The summed E-state index contributed by atoms with van der Waals surface area (Å²) in [5, 5.41) is 3.47. The molecule has 0 saturated heterocycles. The molecule has 0 spiro atoms. The second-order valence-corrected chi connectivity index (χ2v) is 9.67. The van der Waals surface area contributed by atoms with Gasteiger partial charge in [0.05, 0.1) is 5.25 Å². The highest BCUT2D eigenvalue weighted by Gasteiger charge is 2.51. The van der Waals surface area contributed by atoms with Crippen molar-refractivity contribution in [2.24, 2.45) is 17.8 Å². The monoisotopic (exact) mass is 329 g/mol. The molecule has 2 nitrogen and oxygen atoms in total. The summed E-state index contributed by atoms with van der Waals surface area (Å²) in [5.74, 6) is 2.86. The van der Waals surface area contributed by atoms with Gasteiger partial charge in [0.25, 0.3) is 0 Å². The van der Waals surface area contributed by atoms with Crippen molar-refractivity contribution in [3.8, 4) is 0 Å². The number of benzene rings is 1. The molecule has 3 heteroatoms. The van der Waals surface area contributed by atoms with Crippen LogP contribution in [0, 0.1) is 24.7 Å². The molecular weight excluding hydrogens is 302 g/mol. The third kappa shape index (κ3) is 3.17. The molecule has 1 amide bonds. The van der Waals surface area contributed by atoms with Crippen LogP contribution in [0.2, 0.25) is 0 Å². The Hall–Kier alpha value is -0.960. The van der Waals surface area contributed by atoms with E-state index in [2.05, 4.69) is 36.5 Å². The number of amides is 1. The van der Waals surface area contributed by atoms with Crippen molar-refractivity contribution in [3.63, 3.8) is 0 Å². The molecule has 124 valence electrons. The van der Waals surface area contributed by atoms with Crippen LogP contribution in [-0.2, 0) is 4.79 Å². The van der Waals surface area contributed by atoms with Crippen molar-refractivity contribution in [1.82, 2.24) is 5.32 Å². The zero-order valence-electron chi connectivity index (χ0n) is 14.2. The maximum Gasteiger partial charge on any atom is 0.233 e. The Morgan fingerprint density at radius 2 is 1.61 bits per heavy atom. The van der Waals surface area contributed by atoms with E-state index in [0.717, 1.165) is 17.8 Å². The van der Waals surface area contributed by atoms with Crippen LogP contribution in [0.1, 0.15) is 51.0 Å². The number of hydrogen-bond donors (Lipinski definition) is 1. The second-order valence-electron chi connectivity index (χ2n) is 8.26. The van der Waals surface area contributed by atoms with Crippen molar-refractivity contribution in [2.75, 3.05) is 0 Å². The molecule has 0 radical (unpaired) electrons. The van der Waals surface area contributed by atoms with Crippen LogP contribution < -0.4 is 5.32 Å². The van der Waals surface area contributed by atoms with Gasteiger partial charge in [-0.2, -0.15) is 0 Å². The van der Waals surface area contributed by atoms with Gasteiger partial charge in [0.15, 0.2) is 0 Å². The summed E-state index contributed by atoms with van der Waals surface area (Å²) >= 11 is 1.68. The fraction of sp³-hybridized carbons (Fsp3) is 0.650. The third-order valence-corrected chi connectivity index (χ3v) is 7.24. The van der Waals surface area contributed by atoms with Gasteiger partial charge in [-0.25, -0.2) is 0 Å². The molecule has 23 heavy (non-hydrogen) atoms. The van der Waals surface area contributed by atoms with E-state index in [9.17, 15) is 4.79 Å². The van der Waals surface area contributed by atoms with Gasteiger partial charge in [0.2, 0.25) is 5.91 Å². The van der Waals surface area contributed by atoms with Crippen LogP contribution in [0.5, 0.6) is 0 Å². The third-order valence-electron chi connectivity index (χ3n) is 6.13. The quantitative estimate of drug-likeness (QED) is 0.820. The molecule has 4 aliphatic rings. The number of carbonyl (C=O) groups is 1. The van der Waals surface area contributed by atoms with E-state index >= 15 is 0 Å². The summed E-state index contributed by atoms with van der Waals surface area (Å²) < 4.78 is 0. The molecule has 4 saturated carbocycles. The Bertz CT molecular complexity index is 559. The Morgan fingerprint density at radius 3 is 2.13 bits per heavy atom. The van der Waals surface area contributed by atoms with Gasteiger partial charge in [-0.3, -0.25) is 4.79 Å². The van der Waals surface area contributed by atoms with Crippen LogP contribution in [0.3, 0.4) is 0 Å². The standard InChI is InChI=1S/C20H27NOS/c1-13-3-5-18(6-4-13)23-14(2)19(22)21-20-10-15-7-16(11-20)9-17(8-15)12-20/h3-6,14-17H,7-12H2,1-2H3,(H,21,22)/t14-,15?,16?,17?,20?/m0/s1. The predicted octanol–water partition coefficient (Wildman–Crippen LogP) is 4.56. The summed E-state index contributed by atoms with van der Waals surface area (Å²) in [6.07, 6.45) is 7.94. The maximum absolute atomic E-state index is 12.8. The Kier molecular flexibility index (Phi) is 3.95. The number of nitrogens with one attached hydrogen (secondary N) is 1. The predicted molar refractivity (Wildman–Crippen MR) is 95.5 cm³/mol. The Labute approximate surface area is 143 Å². The van der Waals surface area contributed by atoms with Gasteiger partial charge in [-0.15, -0.1) is 11.8 Å². The number of hydrogen-bond acceptors (Lipinski definition) is 2. The summed E-state index contributed by atoms with van der Waals surface area (Å²) in [6, 6.07) is 8.47. The lowest BCUT2D eigenvalue weighted by atomic mass is 9.53. The SMILES string of the molecule is Cc1ccc(S[C@@H](C)C(=O)NC23CC4CC(CC(C4)C2)C3)cc1. The van der Waals surface area contributed by atoms with Crippen LogP contribution in [0.15, 0.2) is 29.2 Å². The zero-order chi connectivity index (χ0) is 16.0. The number of carbonyl (C=O) groups excluding carboxylic acids is 1. The lowest BCUT2D eigenvalue weighted by molar-refractivity contribution is -0.126. The fourth-order valence-corrected chi connectivity index (χ4v) is 6.37. The van der Waals surface area contributed by atoms with E-state index in [-0.39, 0.29) is 16.7 Å². The summed E-state index contributed by atoms with van der Waals surface area (Å²) in [6.45, 7) is 4.14. The van der Waals surface area contributed by atoms with Crippen LogP contribution >= 0.6 is 11.8 Å². The average molecular weight is 330 g/mol. The van der Waals surface area contributed by atoms with E-state index in [1.54, 1.807) is 11.8 Å². The minimum absolute atomic E-state index is 0.0225. The van der Waals surface area contributed by atoms with Gasteiger partial charge in [-0.1, -0.05) is 17.7 Å². The number of thioether (sulfide) groups is 1. The molecular formula is C20H27NOS. The number of rotatable bonds is 4. The molecule has 4 fully saturated rings. The van der Waals surface area contributed by atoms with Crippen molar-refractivity contribution in [3.05, 3.63) is 29.8 Å². The van der Waals surface area contributed by atoms with Crippen LogP contribution in [-0.4, -0.2) is 16.7 Å². The van der Waals surface area contributed by atoms with E-state index < -0.39 is 0 Å². The van der Waals surface area contributed by atoms with Crippen molar-refractivity contribution in [2.45, 2.75) is 68.1 Å². The maximum atomic E-state index is 12.8. The molecule has 1 aromatic rings. The average Bonchev–Trinajstić information content (AvgIpc) is 2.47. The van der Waals surface area contributed by atoms with Crippen LogP contribution in [0.25, 0.3) is 0 Å². The highest BCUT2D eigenvalue weighted by atomic mass is 32.2. The van der Waals surface area contributed by atoms with E-state index in [1.807, 2.05) is 6.92 Å². The van der Waals surface area contributed by atoms with E-state index in [4.69, 9.17) is 0 Å². The number of aryl methyl sites for hydroxylation is 1. The van der Waals surface area contributed by atoms with Gasteiger partial charge in [0, 0.05) is 10.4 Å².